The van der Waals surface area contributed by atoms with E-state index < -0.39 is 0 Å². The minimum Gasteiger partial charge on any atom is -0.493 e. The first-order valence-electron chi connectivity index (χ1n) is 5.21. The number of fused-ring (bicyclic) bond motifs is 1. The summed E-state index contributed by atoms with van der Waals surface area (Å²) in [5, 5.41) is 0. The third-order valence-corrected chi connectivity index (χ3v) is 3.07. The summed E-state index contributed by atoms with van der Waals surface area (Å²) < 4.78 is 10.4. The molecule has 0 saturated carbocycles. The molecule has 0 heterocycles. The number of carbonyl (C=O) groups excluding carboxylic acids is 1. The fraction of sp³-hybridized carbons (Fsp3) is 0.417. The number of hydrogen-bond acceptors (Lipinski definition) is 3. The van der Waals surface area contributed by atoms with Crippen molar-refractivity contribution >= 4 is 5.91 Å². The Balaban J connectivity index is 2.48. The SMILES string of the molecule is COc1cc2c(cc1OC)C(C(N)=O)CC2. The van der Waals surface area contributed by atoms with Crippen LogP contribution >= 0.6 is 0 Å². The van der Waals surface area contributed by atoms with Gasteiger partial charge in [0.15, 0.2) is 11.5 Å². The quantitative estimate of drug-likeness (QED) is 0.834. The van der Waals surface area contributed by atoms with Gasteiger partial charge in [-0.1, -0.05) is 0 Å². The lowest BCUT2D eigenvalue weighted by atomic mass is 10.0. The highest BCUT2D eigenvalue weighted by atomic mass is 16.5. The Morgan fingerprint density at radius 3 is 2.50 bits per heavy atom. The van der Waals surface area contributed by atoms with E-state index in [-0.39, 0.29) is 11.8 Å². The van der Waals surface area contributed by atoms with E-state index in [2.05, 4.69) is 0 Å². The average molecular weight is 221 g/mol. The van der Waals surface area contributed by atoms with E-state index >= 15 is 0 Å². The molecule has 0 radical (unpaired) electrons. The van der Waals surface area contributed by atoms with Crippen LogP contribution < -0.4 is 15.2 Å². The summed E-state index contributed by atoms with van der Waals surface area (Å²) in [4.78, 5) is 11.3. The molecule has 1 unspecified atom stereocenters. The van der Waals surface area contributed by atoms with Gasteiger partial charge in [-0.3, -0.25) is 4.79 Å². The molecule has 1 atom stereocenters. The maximum absolute atomic E-state index is 11.3. The summed E-state index contributed by atoms with van der Waals surface area (Å²) in [7, 11) is 3.18. The molecule has 4 nitrogen and oxygen atoms in total. The van der Waals surface area contributed by atoms with E-state index in [4.69, 9.17) is 15.2 Å². The number of hydrogen-bond donors (Lipinski definition) is 1. The molecule has 1 amide bonds. The summed E-state index contributed by atoms with van der Waals surface area (Å²) in [5.74, 6) is 0.890. The molecule has 16 heavy (non-hydrogen) atoms. The van der Waals surface area contributed by atoms with Crippen molar-refractivity contribution in [1.29, 1.82) is 0 Å². The predicted octanol–water partition coefficient (Wildman–Crippen LogP) is 1.22. The van der Waals surface area contributed by atoms with Crippen molar-refractivity contribution < 1.29 is 14.3 Å². The second kappa shape index (κ2) is 4.04. The molecule has 2 N–H and O–H groups in total. The first kappa shape index (κ1) is 10.8. The highest BCUT2D eigenvalue weighted by Gasteiger charge is 2.28. The molecular weight excluding hydrogens is 206 g/mol. The topological polar surface area (TPSA) is 61.6 Å². The number of amides is 1. The van der Waals surface area contributed by atoms with E-state index in [1.54, 1.807) is 14.2 Å². The number of rotatable bonds is 3. The Labute approximate surface area is 94.3 Å². The summed E-state index contributed by atoms with van der Waals surface area (Å²) in [5.41, 5.74) is 7.47. The predicted molar refractivity (Wildman–Crippen MR) is 59.8 cm³/mol. The van der Waals surface area contributed by atoms with E-state index in [9.17, 15) is 4.79 Å². The van der Waals surface area contributed by atoms with Gasteiger partial charge >= 0.3 is 0 Å². The molecule has 86 valence electrons. The Morgan fingerprint density at radius 1 is 1.31 bits per heavy atom. The van der Waals surface area contributed by atoms with Crippen LogP contribution in [0.25, 0.3) is 0 Å². The second-order valence-electron chi connectivity index (χ2n) is 3.90. The molecule has 1 aromatic rings. The van der Waals surface area contributed by atoms with E-state index in [1.807, 2.05) is 12.1 Å². The second-order valence-corrected chi connectivity index (χ2v) is 3.90. The van der Waals surface area contributed by atoms with Gasteiger partial charge in [-0.05, 0) is 36.1 Å². The Bertz CT molecular complexity index is 429. The molecule has 0 saturated heterocycles. The minimum absolute atomic E-state index is 0.185. The molecule has 1 aliphatic carbocycles. The van der Waals surface area contributed by atoms with Crippen LogP contribution in [0.2, 0.25) is 0 Å². The standard InChI is InChI=1S/C12H15NO3/c1-15-10-5-7-3-4-8(12(13)14)9(7)6-11(10)16-2/h5-6,8H,3-4H2,1-2H3,(H2,13,14). The summed E-state index contributed by atoms with van der Waals surface area (Å²) in [6, 6.07) is 3.79. The molecular formula is C12H15NO3. The van der Waals surface area contributed by atoms with Crippen LogP contribution in [-0.2, 0) is 11.2 Å². The molecule has 4 heteroatoms. The molecule has 0 aliphatic heterocycles. The zero-order valence-electron chi connectivity index (χ0n) is 9.45. The number of carbonyl (C=O) groups is 1. The lowest BCUT2D eigenvalue weighted by molar-refractivity contribution is -0.119. The van der Waals surface area contributed by atoms with Crippen LogP contribution in [0.5, 0.6) is 11.5 Å². The number of aryl methyl sites for hydroxylation is 1. The number of nitrogens with two attached hydrogens (primary N) is 1. The average Bonchev–Trinajstić information content (AvgIpc) is 2.69. The van der Waals surface area contributed by atoms with Gasteiger partial charge in [0.05, 0.1) is 20.1 Å². The number of methoxy groups -OCH3 is 2. The largest absolute Gasteiger partial charge is 0.493 e. The van der Waals surface area contributed by atoms with Gasteiger partial charge in [0.2, 0.25) is 5.91 Å². The van der Waals surface area contributed by atoms with Crippen molar-refractivity contribution in [2.24, 2.45) is 5.73 Å². The monoisotopic (exact) mass is 221 g/mol. The third kappa shape index (κ3) is 1.60. The van der Waals surface area contributed by atoms with E-state index in [0.29, 0.717) is 11.5 Å². The Kier molecular flexibility index (Phi) is 2.73. The Hall–Kier alpha value is -1.71. The van der Waals surface area contributed by atoms with Crippen LogP contribution in [0, 0.1) is 0 Å². The van der Waals surface area contributed by atoms with E-state index in [0.717, 1.165) is 24.0 Å². The molecule has 0 bridgehead atoms. The van der Waals surface area contributed by atoms with Crippen molar-refractivity contribution in [3.63, 3.8) is 0 Å². The van der Waals surface area contributed by atoms with Gasteiger partial charge in [0, 0.05) is 0 Å². The number of primary amides is 1. The maximum Gasteiger partial charge on any atom is 0.224 e. The fourth-order valence-corrected chi connectivity index (χ4v) is 2.23. The van der Waals surface area contributed by atoms with Gasteiger partial charge in [0.25, 0.3) is 0 Å². The van der Waals surface area contributed by atoms with Crippen LogP contribution in [0.1, 0.15) is 23.5 Å². The number of benzene rings is 1. The lowest BCUT2D eigenvalue weighted by Crippen LogP contribution is -2.19. The molecule has 0 fully saturated rings. The van der Waals surface area contributed by atoms with Gasteiger partial charge in [-0.15, -0.1) is 0 Å². The van der Waals surface area contributed by atoms with Gasteiger partial charge in [0.1, 0.15) is 0 Å². The smallest absolute Gasteiger partial charge is 0.224 e. The summed E-state index contributed by atoms with van der Waals surface area (Å²) >= 11 is 0. The molecule has 1 aromatic carbocycles. The highest BCUT2D eigenvalue weighted by molar-refractivity contribution is 5.83. The van der Waals surface area contributed by atoms with Crippen molar-refractivity contribution in [2.45, 2.75) is 18.8 Å². The minimum atomic E-state index is -0.272. The van der Waals surface area contributed by atoms with Crippen molar-refractivity contribution in [3.05, 3.63) is 23.3 Å². The van der Waals surface area contributed by atoms with Crippen molar-refractivity contribution in [2.75, 3.05) is 14.2 Å². The zero-order valence-corrected chi connectivity index (χ0v) is 9.45. The third-order valence-electron chi connectivity index (χ3n) is 3.07. The van der Waals surface area contributed by atoms with Crippen LogP contribution in [0.3, 0.4) is 0 Å². The molecule has 1 aliphatic rings. The van der Waals surface area contributed by atoms with Crippen molar-refractivity contribution in [1.82, 2.24) is 0 Å². The van der Waals surface area contributed by atoms with Crippen LogP contribution in [0.15, 0.2) is 12.1 Å². The molecule has 2 rings (SSSR count). The zero-order chi connectivity index (χ0) is 11.7. The van der Waals surface area contributed by atoms with Gasteiger partial charge in [-0.25, -0.2) is 0 Å². The van der Waals surface area contributed by atoms with Crippen LogP contribution in [-0.4, -0.2) is 20.1 Å². The van der Waals surface area contributed by atoms with E-state index in [1.165, 1.54) is 0 Å². The first-order chi connectivity index (χ1) is 7.67. The summed E-state index contributed by atoms with van der Waals surface area (Å²) in [6.07, 6.45) is 1.64. The number of ether oxygens (including phenoxy) is 2. The lowest BCUT2D eigenvalue weighted by Gasteiger charge is -2.12. The highest BCUT2D eigenvalue weighted by Crippen LogP contribution is 2.40. The molecule has 0 aromatic heterocycles. The summed E-state index contributed by atoms with van der Waals surface area (Å²) in [6.45, 7) is 0. The van der Waals surface area contributed by atoms with Crippen molar-refractivity contribution in [3.8, 4) is 11.5 Å². The van der Waals surface area contributed by atoms with Crippen LogP contribution in [0.4, 0.5) is 0 Å². The Morgan fingerprint density at radius 2 is 1.94 bits per heavy atom. The normalized spacial score (nSPS) is 18.0. The molecule has 0 spiro atoms. The maximum atomic E-state index is 11.3. The first-order valence-corrected chi connectivity index (χ1v) is 5.21. The van der Waals surface area contributed by atoms with Gasteiger partial charge in [-0.2, -0.15) is 0 Å². The van der Waals surface area contributed by atoms with Gasteiger partial charge < -0.3 is 15.2 Å². The fourth-order valence-electron chi connectivity index (χ4n) is 2.23.